The van der Waals surface area contributed by atoms with Gasteiger partial charge in [-0.25, -0.2) is 0 Å². The fourth-order valence-electron chi connectivity index (χ4n) is 2.09. The Bertz CT molecular complexity index is 553. The molecule has 1 unspecified atom stereocenters. The first-order valence-corrected chi connectivity index (χ1v) is 9.24. The van der Waals surface area contributed by atoms with E-state index in [0.717, 1.165) is 23.6 Å². The van der Waals surface area contributed by atoms with Gasteiger partial charge in [-0.3, -0.25) is 0 Å². The second kappa shape index (κ2) is 5.64. The van der Waals surface area contributed by atoms with Crippen LogP contribution in [-0.2, 0) is 5.75 Å². The Balaban J connectivity index is 1.85. The predicted molar refractivity (Wildman–Crippen MR) is 88.2 cm³/mol. The van der Waals surface area contributed by atoms with Crippen LogP contribution in [0.4, 0.5) is 0 Å². The van der Waals surface area contributed by atoms with Gasteiger partial charge in [-0.15, -0.1) is 0 Å². The van der Waals surface area contributed by atoms with Crippen molar-refractivity contribution in [2.45, 2.75) is 35.8 Å². The largest absolute Gasteiger partial charge is 0.460 e. The van der Waals surface area contributed by atoms with Crippen LogP contribution in [0.15, 0.2) is 27.5 Å². The number of fused-ring (bicyclic) bond motifs is 2. The highest BCUT2D eigenvalue weighted by Gasteiger charge is 2.17. The molecular weight excluding hydrogens is 294 g/mol. The molecule has 0 spiro atoms. The van der Waals surface area contributed by atoms with Crippen molar-refractivity contribution in [3.63, 3.8) is 0 Å². The van der Waals surface area contributed by atoms with Crippen molar-refractivity contribution >= 4 is 45.2 Å². The van der Waals surface area contributed by atoms with E-state index in [9.17, 15) is 0 Å². The van der Waals surface area contributed by atoms with Gasteiger partial charge in [0.15, 0.2) is 0 Å². The first kappa shape index (κ1) is 13.7. The summed E-state index contributed by atoms with van der Waals surface area (Å²) in [5.74, 6) is 2.03. The molecule has 0 aliphatic carbocycles. The summed E-state index contributed by atoms with van der Waals surface area (Å²) >= 11 is 4.63. The number of nitrogens with one attached hydrogen (secondary N) is 1. The van der Waals surface area contributed by atoms with Crippen LogP contribution in [0.3, 0.4) is 0 Å². The van der Waals surface area contributed by atoms with Gasteiger partial charge in [0.25, 0.3) is 0 Å². The molecule has 3 rings (SSSR count). The highest BCUT2D eigenvalue weighted by molar-refractivity contribution is 8.76. The molecular formula is C14H17NOS3. The summed E-state index contributed by atoms with van der Waals surface area (Å²) in [4.78, 5) is 1.38. The van der Waals surface area contributed by atoms with Crippen molar-refractivity contribution in [2.24, 2.45) is 0 Å². The number of rotatable bonds is 4. The third-order valence-corrected chi connectivity index (χ3v) is 5.92. The minimum atomic E-state index is 0.103. The first-order valence-electron chi connectivity index (χ1n) is 6.41. The number of hydrogen-bond acceptors (Lipinski definition) is 5. The van der Waals surface area contributed by atoms with Gasteiger partial charge in [-0.05, 0) is 23.8 Å². The Labute approximate surface area is 126 Å². The Kier molecular flexibility index (Phi) is 4.08. The summed E-state index contributed by atoms with van der Waals surface area (Å²) in [5, 5.41) is 4.68. The summed E-state index contributed by atoms with van der Waals surface area (Å²) in [7, 11) is 3.75. The van der Waals surface area contributed by atoms with E-state index in [4.69, 9.17) is 4.42 Å². The molecule has 1 N–H and O–H groups in total. The minimum absolute atomic E-state index is 0.103. The first-order chi connectivity index (χ1) is 9.13. The molecule has 0 fully saturated rings. The molecule has 0 amide bonds. The molecule has 1 aliphatic heterocycles. The van der Waals surface area contributed by atoms with Gasteiger partial charge >= 0.3 is 0 Å². The van der Waals surface area contributed by atoms with E-state index in [0.29, 0.717) is 6.04 Å². The third kappa shape index (κ3) is 2.94. The molecule has 0 bridgehead atoms. The van der Waals surface area contributed by atoms with Crippen LogP contribution in [0.2, 0.25) is 0 Å². The van der Waals surface area contributed by atoms with Crippen LogP contribution < -0.4 is 5.32 Å². The van der Waals surface area contributed by atoms with Crippen molar-refractivity contribution < 1.29 is 4.42 Å². The van der Waals surface area contributed by atoms with Gasteiger partial charge in [0.1, 0.15) is 11.3 Å². The summed E-state index contributed by atoms with van der Waals surface area (Å²) in [6.07, 6.45) is 0. The topological polar surface area (TPSA) is 25.2 Å². The number of furan rings is 1. The zero-order valence-corrected chi connectivity index (χ0v) is 13.5. The van der Waals surface area contributed by atoms with Crippen LogP contribution in [0.1, 0.15) is 30.4 Å². The maximum absolute atomic E-state index is 5.95. The quantitative estimate of drug-likeness (QED) is 0.634. The van der Waals surface area contributed by atoms with Gasteiger partial charge in [0, 0.05) is 28.6 Å². The predicted octanol–water partition coefficient (Wildman–Crippen LogP) is 4.66. The molecule has 1 aliphatic rings. The number of thiol groups is 1. The fraction of sp³-hybridized carbons (Fsp3) is 0.429. The van der Waals surface area contributed by atoms with E-state index in [1.807, 2.05) is 21.6 Å². The van der Waals surface area contributed by atoms with E-state index >= 15 is 0 Å². The Morgan fingerprint density at radius 3 is 3.00 bits per heavy atom. The van der Waals surface area contributed by atoms with Crippen molar-refractivity contribution in [3.05, 3.63) is 29.5 Å². The van der Waals surface area contributed by atoms with Crippen molar-refractivity contribution in [2.75, 3.05) is 6.54 Å². The lowest BCUT2D eigenvalue weighted by atomic mass is 10.2. The lowest BCUT2D eigenvalue weighted by Gasteiger charge is -2.11. The summed E-state index contributed by atoms with van der Waals surface area (Å²) in [5.41, 5.74) is 2.37. The zero-order chi connectivity index (χ0) is 13.4. The van der Waals surface area contributed by atoms with Gasteiger partial charge in [-0.1, -0.05) is 35.4 Å². The molecule has 102 valence electrons. The van der Waals surface area contributed by atoms with Crippen LogP contribution in [-0.4, -0.2) is 12.6 Å². The van der Waals surface area contributed by atoms with E-state index in [1.54, 1.807) is 0 Å². The molecule has 5 heteroatoms. The SMILES string of the molecule is CC(C)NCC(S)c1cc2cc3c(cc2o1)CSS3. The Hall–Kier alpha value is -0.230. The Morgan fingerprint density at radius 1 is 1.37 bits per heavy atom. The van der Waals surface area contributed by atoms with E-state index in [2.05, 4.69) is 50.0 Å². The molecule has 0 saturated carbocycles. The Morgan fingerprint density at radius 2 is 2.21 bits per heavy atom. The van der Waals surface area contributed by atoms with E-state index < -0.39 is 0 Å². The summed E-state index contributed by atoms with van der Waals surface area (Å²) < 4.78 is 5.95. The maximum atomic E-state index is 5.95. The highest BCUT2D eigenvalue weighted by atomic mass is 33.1. The molecule has 0 radical (unpaired) electrons. The third-order valence-electron chi connectivity index (χ3n) is 3.13. The molecule has 19 heavy (non-hydrogen) atoms. The lowest BCUT2D eigenvalue weighted by molar-refractivity contribution is 0.511. The minimum Gasteiger partial charge on any atom is -0.460 e. The average Bonchev–Trinajstić information content (AvgIpc) is 2.97. The second-order valence-electron chi connectivity index (χ2n) is 5.07. The van der Waals surface area contributed by atoms with Gasteiger partial charge < -0.3 is 9.73 Å². The molecule has 2 aromatic rings. The summed E-state index contributed by atoms with van der Waals surface area (Å²) in [6, 6.07) is 7.01. The van der Waals surface area contributed by atoms with Gasteiger partial charge in [0.05, 0.1) is 5.25 Å². The van der Waals surface area contributed by atoms with Crippen LogP contribution >= 0.6 is 34.2 Å². The van der Waals surface area contributed by atoms with E-state index in [1.165, 1.54) is 15.8 Å². The normalized spacial score (nSPS) is 16.2. The maximum Gasteiger partial charge on any atom is 0.134 e. The molecule has 1 atom stereocenters. The fourth-order valence-corrected chi connectivity index (χ4v) is 4.78. The lowest BCUT2D eigenvalue weighted by Crippen LogP contribution is -2.26. The van der Waals surface area contributed by atoms with Crippen molar-refractivity contribution in [1.29, 1.82) is 0 Å². The average molecular weight is 311 g/mol. The monoisotopic (exact) mass is 311 g/mol. The molecule has 2 heterocycles. The van der Waals surface area contributed by atoms with Crippen LogP contribution in [0.25, 0.3) is 11.0 Å². The smallest absolute Gasteiger partial charge is 0.134 e. The second-order valence-corrected chi connectivity index (χ2v) is 8.03. The highest BCUT2D eigenvalue weighted by Crippen LogP contribution is 2.46. The molecule has 1 aromatic carbocycles. The van der Waals surface area contributed by atoms with Gasteiger partial charge in [0.2, 0.25) is 0 Å². The molecule has 1 aromatic heterocycles. The van der Waals surface area contributed by atoms with Gasteiger partial charge in [-0.2, -0.15) is 12.6 Å². The number of hydrogen-bond donors (Lipinski definition) is 2. The number of benzene rings is 1. The zero-order valence-electron chi connectivity index (χ0n) is 11.0. The van der Waals surface area contributed by atoms with Crippen molar-refractivity contribution in [3.8, 4) is 0 Å². The van der Waals surface area contributed by atoms with Crippen LogP contribution in [0.5, 0.6) is 0 Å². The van der Waals surface area contributed by atoms with Crippen molar-refractivity contribution in [1.82, 2.24) is 5.32 Å². The van der Waals surface area contributed by atoms with Crippen LogP contribution in [0, 0.1) is 0 Å². The molecule has 2 nitrogen and oxygen atoms in total. The standard InChI is InChI=1S/C14H17NOS3/c1-8(2)15-6-13(17)12-3-9-5-14-10(7-18-19-14)4-11(9)16-12/h3-5,8,13,15,17H,6-7H2,1-2H3. The van der Waals surface area contributed by atoms with E-state index in [-0.39, 0.29) is 5.25 Å². The summed E-state index contributed by atoms with van der Waals surface area (Å²) in [6.45, 7) is 5.10. The molecule has 0 saturated heterocycles.